The van der Waals surface area contributed by atoms with Gasteiger partial charge in [-0.3, -0.25) is 5.10 Å². The van der Waals surface area contributed by atoms with Gasteiger partial charge in [0.05, 0.1) is 11.9 Å². The second-order valence-corrected chi connectivity index (χ2v) is 5.52. The van der Waals surface area contributed by atoms with Crippen LogP contribution in [0, 0.1) is 6.92 Å². The lowest BCUT2D eigenvalue weighted by Gasteiger charge is -2.03. The molecule has 0 spiro atoms. The van der Waals surface area contributed by atoms with Gasteiger partial charge in [-0.25, -0.2) is 13.1 Å². The molecule has 0 atom stereocenters. The van der Waals surface area contributed by atoms with E-state index in [4.69, 9.17) is 0 Å². The molecule has 0 aliphatic carbocycles. The van der Waals surface area contributed by atoms with Gasteiger partial charge < -0.3 is 0 Å². The summed E-state index contributed by atoms with van der Waals surface area (Å²) in [6.45, 7) is 4.07. The number of hydrogen-bond donors (Lipinski definition) is 2. The van der Waals surface area contributed by atoms with E-state index in [2.05, 4.69) is 14.9 Å². The van der Waals surface area contributed by atoms with Crippen molar-refractivity contribution in [3.05, 3.63) is 17.5 Å². The van der Waals surface area contributed by atoms with Gasteiger partial charge in [0, 0.05) is 12.2 Å². The van der Waals surface area contributed by atoms with Crippen molar-refractivity contribution in [1.82, 2.24) is 14.9 Å². The first-order valence-corrected chi connectivity index (χ1v) is 6.66. The summed E-state index contributed by atoms with van der Waals surface area (Å²) in [6, 6.07) is 0. The van der Waals surface area contributed by atoms with Crippen molar-refractivity contribution in [2.75, 3.05) is 12.3 Å². The van der Waals surface area contributed by atoms with Crippen LogP contribution in [-0.4, -0.2) is 30.9 Å². The summed E-state index contributed by atoms with van der Waals surface area (Å²) in [5, 5.41) is 6.75. The van der Waals surface area contributed by atoms with Gasteiger partial charge in [-0.2, -0.15) is 5.10 Å². The third kappa shape index (κ3) is 4.01. The molecule has 0 unspecified atom stereocenters. The lowest BCUT2D eigenvalue weighted by molar-refractivity contribution is 0.580. The Morgan fingerprint density at radius 2 is 2.27 bits per heavy atom. The van der Waals surface area contributed by atoms with Crippen molar-refractivity contribution in [3.8, 4) is 0 Å². The van der Waals surface area contributed by atoms with Crippen LogP contribution in [0.25, 0.3) is 0 Å². The molecule has 0 bridgehead atoms. The van der Waals surface area contributed by atoms with E-state index in [1.807, 2.05) is 6.92 Å². The molecule has 0 aromatic carbocycles. The summed E-state index contributed by atoms with van der Waals surface area (Å²) >= 11 is 0. The number of sulfonamides is 1. The minimum absolute atomic E-state index is 0.137. The van der Waals surface area contributed by atoms with Gasteiger partial charge in [-0.05, 0) is 32.3 Å². The van der Waals surface area contributed by atoms with E-state index >= 15 is 0 Å². The maximum absolute atomic E-state index is 11.1. The van der Waals surface area contributed by atoms with Crippen molar-refractivity contribution in [3.63, 3.8) is 0 Å². The predicted octanol–water partition coefficient (Wildman–Crippen LogP) is 0.590. The van der Waals surface area contributed by atoms with Gasteiger partial charge in [-0.15, -0.1) is 0 Å². The molecule has 1 rings (SSSR count). The van der Waals surface area contributed by atoms with Crippen LogP contribution in [0.4, 0.5) is 0 Å². The average Bonchev–Trinajstić information content (AvgIpc) is 2.59. The molecule has 0 radical (unpaired) electrons. The summed E-state index contributed by atoms with van der Waals surface area (Å²) < 4.78 is 24.7. The first kappa shape index (κ1) is 12.2. The maximum atomic E-state index is 11.1. The number of hydrogen-bond acceptors (Lipinski definition) is 3. The highest BCUT2D eigenvalue weighted by Gasteiger charge is 2.05. The minimum Gasteiger partial charge on any atom is -0.283 e. The topological polar surface area (TPSA) is 74.8 Å². The summed E-state index contributed by atoms with van der Waals surface area (Å²) in [5.41, 5.74) is 2.19. The highest BCUT2D eigenvalue weighted by Crippen LogP contribution is 2.05. The molecule has 0 saturated carbocycles. The number of H-pyrrole nitrogens is 1. The van der Waals surface area contributed by atoms with Gasteiger partial charge in [0.1, 0.15) is 0 Å². The van der Waals surface area contributed by atoms with Crippen LogP contribution in [0.3, 0.4) is 0 Å². The van der Waals surface area contributed by atoms with Crippen LogP contribution < -0.4 is 4.72 Å². The lowest BCUT2D eigenvalue weighted by Crippen LogP contribution is -2.26. The Kier molecular flexibility index (Phi) is 4.28. The number of nitrogens with one attached hydrogen (secondary N) is 2. The molecule has 0 saturated heterocycles. The van der Waals surface area contributed by atoms with E-state index < -0.39 is 10.0 Å². The van der Waals surface area contributed by atoms with Crippen LogP contribution in [0.15, 0.2) is 6.20 Å². The molecule has 0 aliphatic rings. The Morgan fingerprint density at radius 3 is 2.80 bits per heavy atom. The molecule has 0 amide bonds. The van der Waals surface area contributed by atoms with E-state index in [-0.39, 0.29) is 5.75 Å². The van der Waals surface area contributed by atoms with Crippen molar-refractivity contribution in [1.29, 1.82) is 0 Å². The first-order valence-electron chi connectivity index (χ1n) is 5.01. The van der Waals surface area contributed by atoms with Crippen molar-refractivity contribution < 1.29 is 8.42 Å². The van der Waals surface area contributed by atoms with Crippen LogP contribution in [-0.2, 0) is 16.4 Å². The number of nitrogens with zero attached hydrogens (tertiary/aromatic N) is 1. The lowest BCUT2D eigenvalue weighted by atomic mass is 10.1. The van der Waals surface area contributed by atoms with E-state index in [0.717, 1.165) is 24.1 Å². The summed E-state index contributed by atoms with van der Waals surface area (Å²) in [4.78, 5) is 0. The fraction of sp³-hybridized carbons (Fsp3) is 0.667. The van der Waals surface area contributed by atoms with Crippen molar-refractivity contribution in [2.45, 2.75) is 26.7 Å². The van der Waals surface area contributed by atoms with Gasteiger partial charge in [0.25, 0.3) is 0 Å². The summed E-state index contributed by atoms with van der Waals surface area (Å²) in [6.07, 6.45) is 3.41. The Morgan fingerprint density at radius 1 is 1.53 bits per heavy atom. The zero-order valence-corrected chi connectivity index (χ0v) is 9.89. The average molecular weight is 231 g/mol. The monoisotopic (exact) mass is 231 g/mol. The fourth-order valence-corrected chi connectivity index (χ4v) is 1.90. The van der Waals surface area contributed by atoms with Crippen LogP contribution in [0.1, 0.15) is 24.6 Å². The first-order chi connectivity index (χ1) is 7.05. The number of aryl methyl sites for hydroxylation is 2. The molecular formula is C9H17N3O2S. The number of aromatic nitrogens is 2. The minimum atomic E-state index is -3.04. The van der Waals surface area contributed by atoms with Gasteiger partial charge in [0.2, 0.25) is 10.0 Å². The molecule has 0 fully saturated rings. The SMILES string of the molecule is CCS(=O)(=O)NCCCc1cn[nH]c1C. The molecular weight excluding hydrogens is 214 g/mol. The summed E-state index contributed by atoms with van der Waals surface area (Å²) in [5.74, 6) is 0.137. The molecule has 15 heavy (non-hydrogen) atoms. The number of aromatic amines is 1. The second kappa shape index (κ2) is 5.27. The largest absolute Gasteiger partial charge is 0.283 e. The normalized spacial score (nSPS) is 11.9. The third-order valence-corrected chi connectivity index (χ3v) is 3.66. The second-order valence-electron chi connectivity index (χ2n) is 3.42. The van der Waals surface area contributed by atoms with Gasteiger partial charge >= 0.3 is 0 Å². The molecule has 6 heteroatoms. The smallest absolute Gasteiger partial charge is 0.211 e. The van der Waals surface area contributed by atoms with E-state index in [0.29, 0.717) is 6.54 Å². The van der Waals surface area contributed by atoms with Crippen LogP contribution >= 0.6 is 0 Å². The number of rotatable bonds is 6. The van der Waals surface area contributed by atoms with Crippen LogP contribution in [0.2, 0.25) is 0 Å². The highest BCUT2D eigenvalue weighted by molar-refractivity contribution is 7.89. The maximum Gasteiger partial charge on any atom is 0.211 e. The van der Waals surface area contributed by atoms with E-state index in [1.165, 1.54) is 0 Å². The zero-order valence-electron chi connectivity index (χ0n) is 9.08. The van der Waals surface area contributed by atoms with Crippen molar-refractivity contribution >= 4 is 10.0 Å². The van der Waals surface area contributed by atoms with E-state index in [1.54, 1.807) is 13.1 Å². The molecule has 86 valence electrons. The van der Waals surface area contributed by atoms with Crippen LogP contribution in [0.5, 0.6) is 0 Å². The fourth-order valence-electron chi connectivity index (χ4n) is 1.24. The molecule has 0 aliphatic heterocycles. The molecule has 2 N–H and O–H groups in total. The van der Waals surface area contributed by atoms with Gasteiger partial charge in [0.15, 0.2) is 0 Å². The Hall–Kier alpha value is -0.880. The Bertz CT molecular complexity index is 397. The summed E-state index contributed by atoms with van der Waals surface area (Å²) in [7, 11) is -3.04. The Labute approximate surface area is 90.3 Å². The molecule has 1 heterocycles. The predicted molar refractivity (Wildman–Crippen MR) is 59.1 cm³/mol. The third-order valence-electron chi connectivity index (χ3n) is 2.26. The zero-order chi connectivity index (χ0) is 11.3. The molecule has 5 nitrogen and oxygen atoms in total. The molecule has 1 aromatic rings. The molecule has 1 aromatic heterocycles. The quantitative estimate of drug-likeness (QED) is 0.704. The highest BCUT2D eigenvalue weighted by atomic mass is 32.2. The standard InChI is InChI=1S/C9H17N3O2S/c1-3-15(13,14)11-6-4-5-9-7-10-12-8(9)2/h7,11H,3-6H2,1-2H3,(H,10,12). The Balaban J connectivity index is 2.26. The van der Waals surface area contributed by atoms with Crippen molar-refractivity contribution in [2.24, 2.45) is 0 Å². The van der Waals surface area contributed by atoms with Gasteiger partial charge in [-0.1, -0.05) is 0 Å². The van der Waals surface area contributed by atoms with E-state index in [9.17, 15) is 8.42 Å².